The Labute approximate surface area is 191 Å². The Kier molecular flexibility index (Phi) is 4.88. The van der Waals surface area contributed by atoms with Crippen LogP contribution in [0.5, 0.6) is 0 Å². The van der Waals surface area contributed by atoms with E-state index in [1.54, 1.807) is 0 Å². The van der Waals surface area contributed by atoms with Gasteiger partial charge in [-0.05, 0) is 51.0 Å². The number of imide groups is 1. The van der Waals surface area contributed by atoms with Gasteiger partial charge in [-0.25, -0.2) is 0 Å². The second-order valence-electron chi connectivity index (χ2n) is 8.94. The summed E-state index contributed by atoms with van der Waals surface area (Å²) in [5.74, 6) is -0.675. The van der Waals surface area contributed by atoms with Gasteiger partial charge in [-0.2, -0.15) is 0 Å². The number of aryl methyl sites for hydroxylation is 1. The lowest BCUT2D eigenvalue weighted by molar-refractivity contribution is -0.122. The molecule has 4 heterocycles. The zero-order valence-electron chi connectivity index (χ0n) is 18.4. The van der Waals surface area contributed by atoms with Crippen molar-refractivity contribution >= 4 is 44.8 Å². The van der Waals surface area contributed by atoms with Crippen LogP contribution < -0.4 is 5.32 Å². The highest BCUT2D eigenvalue weighted by molar-refractivity contribution is 6.50. The molecule has 6 rings (SSSR count). The molecule has 4 aromatic rings. The molecule has 0 aliphatic carbocycles. The number of nitrogens with one attached hydrogen (secondary N) is 2. The zero-order chi connectivity index (χ0) is 22.4. The summed E-state index contributed by atoms with van der Waals surface area (Å²) in [5, 5.41) is 4.47. The molecule has 0 atom stereocenters. The van der Waals surface area contributed by atoms with Crippen molar-refractivity contribution in [3.63, 3.8) is 0 Å². The average molecular weight is 439 g/mol. The van der Waals surface area contributed by atoms with Gasteiger partial charge in [-0.1, -0.05) is 36.4 Å². The molecular weight excluding hydrogens is 412 g/mol. The number of para-hydroxylation sites is 2. The predicted octanol–water partition coefficient (Wildman–Crippen LogP) is 4.18. The Hall–Kier alpha value is -3.64. The molecular formula is C27H26N4O2. The quantitative estimate of drug-likeness (QED) is 0.444. The highest BCUT2D eigenvalue weighted by atomic mass is 16.2. The standard InChI is InChI=1S/C27H26N4O2/c32-26-24(20-16-28-22-10-3-1-8-18(20)22)25(27(33)29-26)21-17-31(23-11-4-2-9-19(21)23)15-7-14-30-12-5-6-13-30/h1-4,8-11,16-17,28H,5-7,12-15H2,(H,29,32,33). The number of H-pyrrole nitrogens is 1. The minimum absolute atomic E-state index is 0.333. The molecule has 0 spiro atoms. The first-order chi connectivity index (χ1) is 16.2. The lowest BCUT2D eigenvalue weighted by atomic mass is 9.95. The lowest BCUT2D eigenvalue weighted by Gasteiger charge is -2.14. The number of carbonyl (C=O) groups is 2. The van der Waals surface area contributed by atoms with Crippen molar-refractivity contribution in [2.45, 2.75) is 25.8 Å². The Bertz CT molecular complexity index is 1420. The van der Waals surface area contributed by atoms with Crippen LogP contribution in [0.1, 0.15) is 30.4 Å². The second-order valence-corrected chi connectivity index (χ2v) is 8.94. The first-order valence-electron chi connectivity index (χ1n) is 11.7. The zero-order valence-corrected chi connectivity index (χ0v) is 18.4. The highest BCUT2D eigenvalue weighted by Gasteiger charge is 2.35. The van der Waals surface area contributed by atoms with Crippen LogP contribution in [0, 0.1) is 0 Å². The first kappa shape index (κ1) is 20.0. The fraction of sp³-hybridized carbons (Fsp3) is 0.259. The van der Waals surface area contributed by atoms with Crippen LogP contribution in [-0.2, 0) is 16.1 Å². The molecule has 0 saturated carbocycles. The van der Waals surface area contributed by atoms with Crippen molar-refractivity contribution in [3.05, 3.63) is 72.1 Å². The van der Waals surface area contributed by atoms with Gasteiger partial charge in [0, 0.05) is 51.9 Å². The van der Waals surface area contributed by atoms with Gasteiger partial charge < -0.3 is 14.5 Å². The fourth-order valence-electron chi connectivity index (χ4n) is 5.35. The Morgan fingerprint density at radius 2 is 1.48 bits per heavy atom. The van der Waals surface area contributed by atoms with Crippen molar-refractivity contribution < 1.29 is 9.59 Å². The van der Waals surface area contributed by atoms with Gasteiger partial charge in [0.05, 0.1) is 11.1 Å². The molecule has 0 unspecified atom stereocenters. The maximum absolute atomic E-state index is 13.1. The number of amides is 2. The van der Waals surface area contributed by atoms with Crippen LogP contribution in [0.4, 0.5) is 0 Å². The molecule has 2 aromatic heterocycles. The molecule has 2 aromatic carbocycles. The van der Waals surface area contributed by atoms with E-state index in [9.17, 15) is 9.59 Å². The maximum Gasteiger partial charge on any atom is 0.259 e. The maximum atomic E-state index is 13.1. The largest absolute Gasteiger partial charge is 0.361 e. The number of aromatic amines is 1. The van der Waals surface area contributed by atoms with Gasteiger partial charge >= 0.3 is 0 Å². The van der Waals surface area contributed by atoms with Gasteiger partial charge in [-0.15, -0.1) is 0 Å². The SMILES string of the molecule is O=C1NC(=O)C(c2cn(CCCN3CCCC3)c3ccccc23)=C1c1c[nH]c2ccccc12. The van der Waals surface area contributed by atoms with Gasteiger partial charge in [0.2, 0.25) is 0 Å². The van der Waals surface area contributed by atoms with E-state index >= 15 is 0 Å². The number of benzene rings is 2. The molecule has 2 aliphatic rings. The van der Waals surface area contributed by atoms with Crippen molar-refractivity contribution in [2.24, 2.45) is 0 Å². The molecule has 166 valence electrons. The molecule has 0 radical (unpaired) electrons. The Balaban J connectivity index is 1.45. The van der Waals surface area contributed by atoms with E-state index in [0.717, 1.165) is 52.4 Å². The van der Waals surface area contributed by atoms with Gasteiger partial charge in [0.15, 0.2) is 0 Å². The van der Waals surface area contributed by atoms with Crippen LogP contribution in [0.2, 0.25) is 0 Å². The molecule has 33 heavy (non-hydrogen) atoms. The first-order valence-corrected chi connectivity index (χ1v) is 11.7. The van der Waals surface area contributed by atoms with Gasteiger partial charge in [-0.3, -0.25) is 14.9 Å². The molecule has 1 fully saturated rings. The summed E-state index contributed by atoms with van der Waals surface area (Å²) in [5.41, 5.74) is 4.50. The highest BCUT2D eigenvalue weighted by Crippen LogP contribution is 2.38. The predicted molar refractivity (Wildman–Crippen MR) is 130 cm³/mol. The summed E-state index contributed by atoms with van der Waals surface area (Å²) in [6.45, 7) is 4.36. The van der Waals surface area contributed by atoms with Crippen LogP contribution in [-0.4, -0.2) is 45.9 Å². The third-order valence-corrected chi connectivity index (χ3v) is 6.92. The summed E-state index contributed by atoms with van der Waals surface area (Å²) in [4.78, 5) is 31.8. The molecule has 2 N–H and O–H groups in total. The van der Waals surface area contributed by atoms with E-state index in [0.29, 0.717) is 11.1 Å². The average Bonchev–Trinajstić information content (AvgIpc) is 3.60. The number of hydrogen-bond acceptors (Lipinski definition) is 3. The summed E-state index contributed by atoms with van der Waals surface area (Å²) in [6.07, 6.45) is 7.52. The van der Waals surface area contributed by atoms with Crippen molar-refractivity contribution in [1.29, 1.82) is 0 Å². The van der Waals surface area contributed by atoms with Gasteiger partial charge in [0.25, 0.3) is 11.8 Å². The number of carbonyl (C=O) groups excluding carboxylic acids is 2. The smallest absolute Gasteiger partial charge is 0.259 e. The minimum atomic E-state index is -0.342. The van der Waals surface area contributed by atoms with Crippen molar-refractivity contribution in [2.75, 3.05) is 19.6 Å². The van der Waals surface area contributed by atoms with Crippen LogP contribution >= 0.6 is 0 Å². The number of rotatable bonds is 6. The molecule has 1 saturated heterocycles. The molecule has 6 nitrogen and oxygen atoms in total. The number of nitrogens with zero attached hydrogens (tertiary/aromatic N) is 2. The lowest BCUT2D eigenvalue weighted by Crippen LogP contribution is -2.22. The van der Waals surface area contributed by atoms with E-state index in [1.165, 1.54) is 25.9 Å². The number of aromatic nitrogens is 2. The van der Waals surface area contributed by atoms with Crippen molar-refractivity contribution in [3.8, 4) is 0 Å². The number of likely N-dealkylation sites (tertiary alicyclic amines) is 1. The number of hydrogen-bond donors (Lipinski definition) is 2. The summed E-state index contributed by atoms with van der Waals surface area (Å²) in [6, 6.07) is 16.0. The van der Waals surface area contributed by atoms with Crippen molar-refractivity contribution in [1.82, 2.24) is 19.8 Å². The number of fused-ring (bicyclic) bond motifs is 2. The molecule has 6 heteroatoms. The minimum Gasteiger partial charge on any atom is -0.361 e. The monoisotopic (exact) mass is 438 g/mol. The van der Waals surface area contributed by atoms with Crippen LogP contribution in [0.15, 0.2) is 60.9 Å². The topological polar surface area (TPSA) is 70.1 Å². The van der Waals surface area contributed by atoms with Crippen LogP contribution in [0.3, 0.4) is 0 Å². The third-order valence-electron chi connectivity index (χ3n) is 6.92. The fourth-order valence-corrected chi connectivity index (χ4v) is 5.35. The van der Waals surface area contributed by atoms with E-state index in [2.05, 4.69) is 32.0 Å². The van der Waals surface area contributed by atoms with Gasteiger partial charge in [0.1, 0.15) is 0 Å². The van der Waals surface area contributed by atoms with E-state index in [-0.39, 0.29) is 11.8 Å². The van der Waals surface area contributed by atoms with E-state index in [1.807, 2.05) is 48.7 Å². The normalized spacial score (nSPS) is 17.1. The second kappa shape index (κ2) is 8.05. The van der Waals surface area contributed by atoms with Crippen LogP contribution in [0.25, 0.3) is 33.0 Å². The third kappa shape index (κ3) is 3.38. The summed E-state index contributed by atoms with van der Waals surface area (Å²) in [7, 11) is 0. The summed E-state index contributed by atoms with van der Waals surface area (Å²) >= 11 is 0. The molecule has 2 aliphatic heterocycles. The van der Waals surface area contributed by atoms with E-state index < -0.39 is 0 Å². The summed E-state index contributed by atoms with van der Waals surface area (Å²) < 4.78 is 2.23. The van der Waals surface area contributed by atoms with E-state index in [4.69, 9.17) is 0 Å². The Morgan fingerprint density at radius 3 is 2.30 bits per heavy atom. The Morgan fingerprint density at radius 1 is 0.788 bits per heavy atom. The molecule has 0 bridgehead atoms. The molecule has 2 amide bonds.